The Morgan fingerprint density at radius 1 is 1.03 bits per heavy atom. The first-order valence-corrected chi connectivity index (χ1v) is 11.0. The van der Waals surface area contributed by atoms with Crippen LogP contribution in [0.2, 0.25) is 0 Å². The molecule has 0 aliphatic heterocycles. The second-order valence-corrected chi connectivity index (χ2v) is 9.21. The van der Waals surface area contributed by atoms with Crippen LogP contribution in [0.15, 0.2) is 79.0 Å². The molecule has 1 N–H and O–H groups in total. The number of rotatable bonds is 6. The zero-order valence-electron chi connectivity index (χ0n) is 19.2. The van der Waals surface area contributed by atoms with Crippen LogP contribution in [0, 0.1) is 11.2 Å². The van der Waals surface area contributed by atoms with Gasteiger partial charge in [0.2, 0.25) is 5.91 Å². The van der Waals surface area contributed by atoms with Crippen molar-refractivity contribution in [1.82, 2.24) is 15.1 Å². The zero-order valence-corrected chi connectivity index (χ0v) is 19.2. The number of ether oxygens (including phenoxy) is 1. The molecule has 170 valence electrons. The second kappa shape index (κ2) is 9.06. The smallest absolute Gasteiger partial charge is 0.225 e. The maximum absolute atomic E-state index is 13.3. The van der Waals surface area contributed by atoms with Crippen LogP contribution in [-0.2, 0) is 4.79 Å². The quantitative estimate of drug-likeness (QED) is 0.406. The number of halogens is 1. The lowest BCUT2D eigenvalue weighted by Crippen LogP contribution is -2.44. The summed E-state index contributed by atoms with van der Waals surface area (Å²) in [5.74, 6) is 0.355. The van der Waals surface area contributed by atoms with Crippen LogP contribution in [-0.4, -0.2) is 21.7 Å². The van der Waals surface area contributed by atoms with Gasteiger partial charge in [0.15, 0.2) is 0 Å². The maximum Gasteiger partial charge on any atom is 0.225 e. The van der Waals surface area contributed by atoms with Gasteiger partial charge in [-0.05, 0) is 55.0 Å². The Hall–Kier alpha value is -3.67. The van der Waals surface area contributed by atoms with Crippen molar-refractivity contribution in [2.45, 2.75) is 39.8 Å². The molecule has 0 bridgehead atoms. The standard InChI is InChI=1S/C27H28FN3O2/c1-18(30-26(32)27(2,3)4)25(19-8-6-5-7-9-19)33-23-14-15-24-20(16-23)17-29-31(24)22-12-10-21(28)11-13-22/h5-18,25H,1-4H3,(H,30,32). The molecule has 0 radical (unpaired) electrons. The zero-order chi connectivity index (χ0) is 23.6. The van der Waals surface area contributed by atoms with Gasteiger partial charge < -0.3 is 10.1 Å². The second-order valence-electron chi connectivity index (χ2n) is 9.21. The molecule has 5 nitrogen and oxygen atoms in total. The first-order chi connectivity index (χ1) is 15.7. The summed E-state index contributed by atoms with van der Waals surface area (Å²) in [6.07, 6.45) is 1.38. The van der Waals surface area contributed by atoms with E-state index in [-0.39, 0.29) is 23.9 Å². The van der Waals surface area contributed by atoms with Crippen molar-refractivity contribution in [2.24, 2.45) is 5.41 Å². The molecule has 0 spiro atoms. The number of nitrogens with one attached hydrogen (secondary N) is 1. The Balaban J connectivity index is 1.62. The number of carbonyl (C=O) groups excluding carboxylic acids is 1. The molecule has 0 aliphatic carbocycles. The number of hydrogen-bond acceptors (Lipinski definition) is 3. The van der Waals surface area contributed by atoms with E-state index in [1.807, 2.05) is 76.2 Å². The Labute approximate surface area is 193 Å². The van der Waals surface area contributed by atoms with Crippen LogP contribution in [0.3, 0.4) is 0 Å². The summed E-state index contributed by atoms with van der Waals surface area (Å²) in [5, 5.41) is 8.45. The van der Waals surface area contributed by atoms with Crippen molar-refractivity contribution in [3.63, 3.8) is 0 Å². The fraction of sp³-hybridized carbons (Fsp3) is 0.259. The van der Waals surface area contributed by atoms with Crippen LogP contribution < -0.4 is 10.1 Å². The van der Waals surface area contributed by atoms with E-state index in [0.717, 1.165) is 22.2 Å². The minimum atomic E-state index is -0.497. The van der Waals surface area contributed by atoms with Gasteiger partial charge in [0.25, 0.3) is 0 Å². The van der Waals surface area contributed by atoms with Crippen molar-refractivity contribution in [3.05, 3.63) is 90.4 Å². The third kappa shape index (κ3) is 5.06. The van der Waals surface area contributed by atoms with Gasteiger partial charge in [0, 0.05) is 10.8 Å². The van der Waals surface area contributed by atoms with E-state index in [1.165, 1.54) is 12.1 Å². The highest BCUT2D eigenvalue weighted by molar-refractivity contribution is 5.82. The lowest BCUT2D eigenvalue weighted by atomic mass is 9.94. The van der Waals surface area contributed by atoms with Gasteiger partial charge in [-0.1, -0.05) is 51.1 Å². The molecule has 33 heavy (non-hydrogen) atoms. The van der Waals surface area contributed by atoms with Gasteiger partial charge in [0.1, 0.15) is 17.7 Å². The van der Waals surface area contributed by atoms with Crippen molar-refractivity contribution in [1.29, 1.82) is 0 Å². The highest BCUT2D eigenvalue weighted by Gasteiger charge is 2.28. The number of carbonyl (C=O) groups is 1. The van der Waals surface area contributed by atoms with Gasteiger partial charge >= 0.3 is 0 Å². The lowest BCUT2D eigenvalue weighted by Gasteiger charge is -2.29. The molecule has 6 heteroatoms. The van der Waals surface area contributed by atoms with Crippen LogP contribution in [0.5, 0.6) is 5.75 Å². The van der Waals surface area contributed by atoms with Gasteiger partial charge in [-0.25, -0.2) is 9.07 Å². The molecule has 2 atom stereocenters. The van der Waals surface area contributed by atoms with Crippen LogP contribution in [0.4, 0.5) is 4.39 Å². The van der Waals surface area contributed by atoms with Crippen LogP contribution in [0.1, 0.15) is 39.4 Å². The third-order valence-electron chi connectivity index (χ3n) is 5.50. The van der Waals surface area contributed by atoms with E-state index in [4.69, 9.17) is 4.74 Å². The predicted octanol–water partition coefficient (Wildman–Crippen LogP) is 5.84. The van der Waals surface area contributed by atoms with Gasteiger partial charge in [-0.3, -0.25) is 4.79 Å². The highest BCUT2D eigenvalue weighted by atomic mass is 19.1. The highest BCUT2D eigenvalue weighted by Crippen LogP contribution is 2.29. The largest absolute Gasteiger partial charge is 0.484 e. The van der Waals surface area contributed by atoms with E-state index < -0.39 is 5.41 Å². The normalized spacial score (nSPS) is 13.5. The Bertz CT molecular complexity index is 1240. The molecule has 1 heterocycles. The van der Waals surface area contributed by atoms with Crippen molar-refractivity contribution in [2.75, 3.05) is 0 Å². The van der Waals surface area contributed by atoms with Crippen molar-refractivity contribution in [3.8, 4) is 11.4 Å². The minimum Gasteiger partial charge on any atom is -0.484 e. The van der Waals surface area contributed by atoms with Gasteiger partial charge in [0.05, 0.1) is 23.4 Å². The van der Waals surface area contributed by atoms with Crippen LogP contribution >= 0.6 is 0 Å². The Kier molecular flexibility index (Phi) is 6.18. The van der Waals surface area contributed by atoms with Gasteiger partial charge in [-0.15, -0.1) is 0 Å². The summed E-state index contributed by atoms with van der Waals surface area (Å²) < 4.78 is 21.5. The number of amides is 1. The maximum atomic E-state index is 13.3. The monoisotopic (exact) mass is 445 g/mol. The summed E-state index contributed by atoms with van der Waals surface area (Å²) in [4.78, 5) is 12.6. The molecule has 0 saturated carbocycles. The first-order valence-electron chi connectivity index (χ1n) is 11.0. The van der Waals surface area contributed by atoms with E-state index in [0.29, 0.717) is 5.75 Å². The SMILES string of the molecule is CC(NC(=O)C(C)(C)C)C(Oc1ccc2c(cnn2-c2ccc(F)cc2)c1)c1ccccc1. The molecule has 0 saturated heterocycles. The molecular weight excluding hydrogens is 417 g/mol. The fourth-order valence-electron chi connectivity index (χ4n) is 3.62. The molecular formula is C27H28FN3O2. The number of aromatic nitrogens is 2. The molecule has 2 unspecified atom stereocenters. The van der Waals surface area contributed by atoms with Gasteiger partial charge in [-0.2, -0.15) is 5.10 Å². The topological polar surface area (TPSA) is 56.1 Å². The van der Waals surface area contributed by atoms with Crippen molar-refractivity contribution < 1.29 is 13.9 Å². The van der Waals surface area contributed by atoms with E-state index in [9.17, 15) is 9.18 Å². The van der Waals surface area contributed by atoms with E-state index in [2.05, 4.69) is 10.4 Å². The lowest BCUT2D eigenvalue weighted by molar-refractivity contribution is -0.129. The first kappa shape index (κ1) is 22.5. The van der Waals surface area contributed by atoms with E-state index in [1.54, 1.807) is 23.0 Å². The van der Waals surface area contributed by atoms with Crippen LogP contribution in [0.25, 0.3) is 16.6 Å². The molecule has 4 rings (SSSR count). The summed E-state index contributed by atoms with van der Waals surface area (Å²) in [6.45, 7) is 7.62. The average Bonchev–Trinajstić information content (AvgIpc) is 3.21. The predicted molar refractivity (Wildman–Crippen MR) is 128 cm³/mol. The number of hydrogen-bond donors (Lipinski definition) is 1. The van der Waals surface area contributed by atoms with Crippen molar-refractivity contribution >= 4 is 16.8 Å². The Morgan fingerprint density at radius 2 is 1.73 bits per heavy atom. The molecule has 0 fully saturated rings. The summed E-state index contributed by atoms with van der Waals surface area (Å²) in [5.41, 5.74) is 2.14. The summed E-state index contributed by atoms with van der Waals surface area (Å²) >= 11 is 0. The number of nitrogens with zero attached hydrogens (tertiary/aromatic N) is 2. The van der Waals surface area contributed by atoms with E-state index >= 15 is 0 Å². The number of fused-ring (bicyclic) bond motifs is 1. The fourth-order valence-corrected chi connectivity index (χ4v) is 3.62. The molecule has 4 aromatic rings. The molecule has 1 aromatic heterocycles. The average molecular weight is 446 g/mol. The summed E-state index contributed by atoms with van der Waals surface area (Å²) in [6, 6.07) is 21.6. The Morgan fingerprint density at radius 3 is 2.39 bits per heavy atom. The molecule has 1 amide bonds. The molecule has 0 aliphatic rings. The molecule has 3 aromatic carbocycles. The number of benzene rings is 3. The minimum absolute atomic E-state index is 0.0319. The summed E-state index contributed by atoms with van der Waals surface area (Å²) in [7, 11) is 0. The third-order valence-corrected chi connectivity index (χ3v) is 5.50.